The summed E-state index contributed by atoms with van der Waals surface area (Å²) in [5.41, 5.74) is 11.5. The Kier molecular flexibility index (Phi) is 13.2. The summed E-state index contributed by atoms with van der Waals surface area (Å²) in [6, 6.07) is 82.1. The first-order chi connectivity index (χ1) is 35.6. The molecule has 0 N–H and O–H groups in total. The third-order valence-electron chi connectivity index (χ3n) is 14.2. The lowest BCUT2D eigenvalue weighted by Gasteiger charge is -2.34. The normalized spacial score (nSPS) is 13.3. The third-order valence-corrected chi connectivity index (χ3v) is 19.6. The Morgan fingerprint density at radius 3 is 1.08 bits per heavy atom. The van der Waals surface area contributed by atoms with Gasteiger partial charge in [0.1, 0.15) is 0 Å². The van der Waals surface area contributed by atoms with Crippen LogP contribution in [0.1, 0.15) is 0 Å². The zero-order valence-electron chi connectivity index (χ0n) is 43.7. The summed E-state index contributed by atoms with van der Waals surface area (Å²) in [5, 5.41) is 9.67. The van der Waals surface area contributed by atoms with Gasteiger partial charge in [0, 0.05) is 43.9 Å². The fourth-order valence-corrected chi connectivity index (χ4v) is 13.7. The van der Waals surface area contributed by atoms with E-state index in [1.165, 1.54) is 90.6 Å². The Balaban J connectivity index is 1.27. The van der Waals surface area contributed by atoms with Gasteiger partial charge in [-0.15, -0.1) is 0 Å². The molecule has 2 atom stereocenters. The highest BCUT2D eigenvalue weighted by Gasteiger charge is 2.25. The quantitative estimate of drug-likeness (QED) is 0.0889. The Morgan fingerprint density at radius 2 is 0.689 bits per heavy atom. The smallest absolute Gasteiger partial charge is 0.0483 e. The van der Waals surface area contributed by atoms with Crippen molar-refractivity contribution in [1.82, 2.24) is 0 Å². The van der Waals surface area contributed by atoms with E-state index < -0.39 is 20.1 Å². The van der Waals surface area contributed by atoms with Gasteiger partial charge in [-0.25, -0.2) is 20.1 Å². The molecule has 0 saturated carbocycles. The van der Waals surface area contributed by atoms with E-state index in [1.807, 2.05) is 0 Å². The van der Waals surface area contributed by atoms with Crippen LogP contribution in [0, 0.1) is 0 Å². The molecule has 2 nitrogen and oxygen atoms in total. The van der Waals surface area contributed by atoms with E-state index in [9.17, 15) is 0 Å². The average Bonchev–Trinajstić information content (AvgIpc) is 3.40. The van der Waals surface area contributed by atoms with Gasteiger partial charge in [-0.1, -0.05) is 133 Å². The number of hydrogen-bond acceptors (Lipinski definition) is 2. The third kappa shape index (κ3) is 9.61. The Bertz CT molecular complexity index is 3930. The van der Waals surface area contributed by atoms with Crippen molar-refractivity contribution < 1.29 is 0 Å². The molecule has 0 aliphatic heterocycles. The molecule has 0 spiro atoms. The maximum absolute atomic E-state index is 4.52. The molecule has 2 unspecified atom stereocenters. The van der Waals surface area contributed by atoms with E-state index in [1.54, 1.807) is 0 Å². The minimum atomic E-state index is -1.06. The fraction of sp³-hybridized carbons (Fsp3) is 0.118. The molecule has 0 aromatic heterocycles. The summed E-state index contributed by atoms with van der Waals surface area (Å²) in [4.78, 5) is 10.2. The fourth-order valence-electron chi connectivity index (χ4n) is 10.3. The SMILES string of the molecule is C=S(C)c1cc(N(c2ccccc2)c2ccc3c(-c4ccc5ccccc5c4)c4cc(N(c5ccccc5)c5cc(S(C)(C)C)cc(S(C)(C)C)c5)ccc4c(-c4ccc5ccccc5c4)c3c2)cc(S(=C)C)c1. The number of para-hydroxylation sites is 2. The summed E-state index contributed by atoms with van der Waals surface area (Å²) in [7, 11) is -2.52. The second kappa shape index (κ2) is 19.8. The summed E-state index contributed by atoms with van der Waals surface area (Å²) < 4.78 is 0. The minimum Gasteiger partial charge on any atom is -0.310 e. The molecule has 0 fully saturated rings. The van der Waals surface area contributed by atoms with Crippen LogP contribution < -0.4 is 9.80 Å². The molecule has 11 rings (SSSR count). The van der Waals surface area contributed by atoms with Crippen molar-refractivity contribution in [3.05, 3.63) is 218 Å². The van der Waals surface area contributed by atoms with Crippen molar-refractivity contribution in [1.29, 1.82) is 0 Å². The molecule has 0 radical (unpaired) electrons. The largest absolute Gasteiger partial charge is 0.310 e. The van der Waals surface area contributed by atoms with E-state index in [2.05, 4.69) is 290 Å². The molecule has 11 aromatic rings. The van der Waals surface area contributed by atoms with Gasteiger partial charge in [0.2, 0.25) is 0 Å². The van der Waals surface area contributed by atoms with Crippen molar-refractivity contribution in [3.63, 3.8) is 0 Å². The number of hydrogen-bond donors (Lipinski definition) is 0. The van der Waals surface area contributed by atoms with E-state index in [-0.39, 0.29) is 21.0 Å². The van der Waals surface area contributed by atoms with Crippen molar-refractivity contribution >= 4 is 130 Å². The van der Waals surface area contributed by atoms with E-state index in [0.29, 0.717) is 0 Å². The zero-order chi connectivity index (χ0) is 51.5. The van der Waals surface area contributed by atoms with Gasteiger partial charge >= 0.3 is 0 Å². The molecule has 0 amide bonds. The Hall–Kier alpha value is -6.80. The average molecular weight is 1040 g/mol. The number of nitrogens with zero attached hydrogens (tertiary/aromatic N) is 2. The summed E-state index contributed by atoms with van der Waals surface area (Å²) in [6.45, 7) is 0. The Morgan fingerprint density at radius 1 is 0.311 bits per heavy atom. The van der Waals surface area contributed by atoms with Gasteiger partial charge in [0.25, 0.3) is 0 Å². The molecule has 0 aliphatic carbocycles. The number of benzene rings is 11. The van der Waals surface area contributed by atoms with Crippen molar-refractivity contribution in [3.8, 4) is 22.3 Å². The molecule has 0 heterocycles. The highest BCUT2D eigenvalue weighted by molar-refractivity contribution is 8.32. The van der Waals surface area contributed by atoms with Crippen LogP contribution in [-0.2, 0) is 0 Å². The lowest BCUT2D eigenvalue weighted by molar-refractivity contribution is 1.22. The highest BCUT2D eigenvalue weighted by Crippen LogP contribution is 2.55. The standard InChI is InChI=1S/C68H64N2S4/c1-71(2)59-39-57(40-60(45-59)72(3)4)69(53-25-13-11-14-26-53)55-33-35-63-65(43-55)67(51-31-29-47-21-17-19-23-49(47)37-51)64-36-34-56(44-66(64)68(63)52-32-30-48-22-18-20-24-50(48)38-52)70(54-27-15-12-16-28-54)58-41-61(73(5,6)7)46-62(42-58)74(8,9)10/h11-46H,1,3H2,2,4-10H3. The molecule has 6 heteroatoms. The monoisotopic (exact) mass is 1040 g/mol. The van der Waals surface area contributed by atoms with E-state index >= 15 is 0 Å². The second-order valence-electron chi connectivity index (χ2n) is 20.9. The number of rotatable bonds is 12. The van der Waals surface area contributed by atoms with Crippen molar-refractivity contribution in [2.45, 2.75) is 19.6 Å². The van der Waals surface area contributed by atoms with Crippen LogP contribution in [0.2, 0.25) is 0 Å². The molecule has 0 saturated heterocycles. The van der Waals surface area contributed by atoms with Gasteiger partial charge in [-0.2, -0.15) is 21.0 Å². The van der Waals surface area contributed by atoms with E-state index in [0.717, 1.165) is 28.4 Å². The predicted octanol–water partition coefficient (Wildman–Crippen LogP) is 20.1. The van der Waals surface area contributed by atoms with E-state index in [4.69, 9.17) is 0 Å². The molecule has 0 bridgehead atoms. The maximum atomic E-state index is 4.52. The van der Waals surface area contributed by atoms with Crippen LogP contribution in [0.25, 0.3) is 65.3 Å². The van der Waals surface area contributed by atoms with Gasteiger partial charge in [0.15, 0.2) is 0 Å². The lowest BCUT2D eigenvalue weighted by Crippen LogP contribution is -2.12. The first kappa shape index (κ1) is 49.4. The molecular formula is C68H64N2S4. The first-order valence-corrected chi connectivity index (χ1v) is 34.2. The molecule has 11 aromatic carbocycles. The van der Waals surface area contributed by atoms with Crippen molar-refractivity contribution in [2.24, 2.45) is 0 Å². The summed E-state index contributed by atoms with van der Waals surface area (Å²) >= 11 is 0. The van der Waals surface area contributed by atoms with Gasteiger partial charge in [-0.3, -0.25) is 0 Å². The van der Waals surface area contributed by atoms with Crippen molar-refractivity contribution in [2.75, 3.05) is 59.8 Å². The first-order valence-electron chi connectivity index (χ1n) is 24.9. The van der Waals surface area contributed by atoms with Crippen LogP contribution in [0.3, 0.4) is 0 Å². The summed E-state index contributed by atoms with van der Waals surface area (Å²) in [5.74, 6) is 9.04. The summed E-state index contributed by atoms with van der Waals surface area (Å²) in [6.07, 6.45) is 18.9. The van der Waals surface area contributed by atoms with Crippen LogP contribution in [0.15, 0.2) is 238 Å². The molecular weight excluding hydrogens is 973 g/mol. The molecule has 74 heavy (non-hydrogen) atoms. The molecule has 370 valence electrons. The number of fused-ring (bicyclic) bond motifs is 4. The van der Waals surface area contributed by atoms with Crippen LogP contribution in [0.5, 0.6) is 0 Å². The topological polar surface area (TPSA) is 6.48 Å². The maximum Gasteiger partial charge on any atom is 0.0483 e. The minimum absolute atomic E-state index is 0.201. The predicted molar refractivity (Wildman–Crippen MR) is 342 cm³/mol. The van der Waals surface area contributed by atoms with Gasteiger partial charge in [-0.05, 0) is 222 Å². The lowest BCUT2D eigenvalue weighted by atomic mass is 9.84. The zero-order valence-corrected chi connectivity index (χ0v) is 47.0. The van der Waals surface area contributed by atoms with Crippen LogP contribution in [0.4, 0.5) is 34.1 Å². The van der Waals surface area contributed by atoms with Gasteiger partial charge in [0.05, 0.1) is 0 Å². The van der Waals surface area contributed by atoms with Gasteiger partial charge < -0.3 is 9.80 Å². The highest BCUT2D eigenvalue weighted by atomic mass is 32.3. The Labute approximate surface area is 446 Å². The second-order valence-corrected chi connectivity index (χ2v) is 32.7. The molecule has 0 aliphatic rings. The number of anilines is 6. The van der Waals surface area contributed by atoms with Crippen LogP contribution in [-0.4, -0.2) is 61.8 Å². The van der Waals surface area contributed by atoms with Crippen LogP contribution >= 0.6 is 41.0 Å².